The Morgan fingerprint density at radius 1 is 1.29 bits per heavy atom. The van der Waals surface area contributed by atoms with E-state index < -0.39 is 11.2 Å². The predicted octanol–water partition coefficient (Wildman–Crippen LogP) is 0.669. The maximum atomic E-state index is 12.8. The van der Waals surface area contributed by atoms with Gasteiger partial charge in [-0.2, -0.15) is 0 Å². The SMILES string of the molecule is COCc1cnc2c(c1SCC(=O)Nc1nnc(C)s1)c(=O)n(C)c(=O)n2C. The third-order valence-electron chi connectivity index (χ3n) is 3.91. The van der Waals surface area contributed by atoms with Gasteiger partial charge in [0.2, 0.25) is 11.0 Å². The van der Waals surface area contributed by atoms with E-state index >= 15 is 0 Å². The van der Waals surface area contributed by atoms with Crippen LogP contribution >= 0.6 is 23.1 Å². The van der Waals surface area contributed by atoms with Crippen molar-refractivity contribution in [2.24, 2.45) is 14.1 Å². The van der Waals surface area contributed by atoms with E-state index in [9.17, 15) is 14.4 Å². The van der Waals surface area contributed by atoms with Gasteiger partial charge >= 0.3 is 5.69 Å². The monoisotopic (exact) mass is 422 g/mol. The van der Waals surface area contributed by atoms with Crippen LogP contribution in [-0.2, 0) is 30.2 Å². The molecule has 1 N–H and O–H groups in total. The van der Waals surface area contributed by atoms with Crippen LogP contribution in [0.25, 0.3) is 11.0 Å². The van der Waals surface area contributed by atoms with Crippen LogP contribution in [0.2, 0.25) is 0 Å². The minimum absolute atomic E-state index is 0.0421. The predicted molar refractivity (Wildman–Crippen MR) is 107 cm³/mol. The van der Waals surface area contributed by atoms with Crippen LogP contribution in [0, 0.1) is 6.92 Å². The number of anilines is 1. The third-order valence-corrected chi connectivity index (χ3v) is 5.83. The Morgan fingerprint density at radius 2 is 2.04 bits per heavy atom. The molecule has 0 aliphatic carbocycles. The molecule has 148 valence electrons. The Bertz CT molecular complexity index is 1170. The molecule has 0 aliphatic heterocycles. The van der Waals surface area contributed by atoms with Gasteiger partial charge in [0, 0.05) is 37.9 Å². The summed E-state index contributed by atoms with van der Waals surface area (Å²) in [7, 11) is 4.49. The molecule has 3 heterocycles. The Morgan fingerprint density at radius 3 is 2.68 bits per heavy atom. The first kappa shape index (κ1) is 20.2. The second kappa shape index (κ2) is 8.20. The minimum atomic E-state index is -0.468. The quantitative estimate of drug-likeness (QED) is 0.576. The first-order chi connectivity index (χ1) is 13.3. The molecule has 0 spiro atoms. The summed E-state index contributed by atoms with van der Waals surface area (Å²) >= 11 is 2.46. The van der Waals surface area contributed by atoms with Gasteiger partial charge in [0.25, 0.3) is 5.56 Å². The van der Waals surface area contributed by atoms with Gasteiger partial charge in [0.05, 0.1) is 17.7 Å². The average molecular weight is 422 g/mol. The van der Waals surface area contributed by atoms with E-state index in [1.165, 1.54) is 41.8 Å². The average Bonchev–Trinajstić information content (AvgIpc) is 3.08. The third kappa shape index (κ3) is 3.84. The maximum Gasteiger partial charge on any atom is 0.332 e. The van der Waals surface area contributed by atoms with E-state index in [0.29, 0.717) is 15.6 Å². The van der Waals surface area contributed by atoms with Gasteiger partial charge in [0.1, 0.15) is 10.7 Å². The summed E-state index contributed by atoms with van der Waals surface area (Å²) in [5.74, 6) is -0.239. The summed E-state index contributed by atoms with van der Waals surface area (Å²) in [6.45, 7) is 2.01. The summed E-state index contributed by atoms with van der Waals surface area (Å²) in [5.41, 5.74) is -0.0121. The van der Waals surface area contributed by atoms with Crippen molar-refractivity contribution in [3.63, 3.8) is 0 Å². The van der Waals surface area contributed by atoms with Crippen molar-refractivity contribution < 1.29 is 9.53 Å². The molecule has 28 heavy (non-hydrogen) atoms. The fourth-order valence-electron chi connectivity index (χ4n) is 2.60. The van der Waals surface area contributed by atoms with Crippen LogP contribution in [-0.4, -0.2) is 43.1 Å². The van der Waals surface area contributed by atoms with E-state index in [4.69, 9.17) is 4.74 Å². The minimum Gasteiger partial charge on any atom is -0.380 e. The molecule has 1 amide bonds. The number of thioether (sulfide) groups is 1. The van der Waals surface area contributed by atoms with Crippen LogP contribution in [0.1, 0.15) is 10.6 Å². The summed E-state index contributed by atoms with van der Waals surface area (Å²) in [4.78, 5) is 42.0. The molecular formula is C16H18N6O4S2. The standard InChI is InChI=1S/C16H18N6O4S2/c1-8-19-20-15(28-8)18-10(23)7-27-12-9(6-26-4)5-17-13-11(12)14(24)22(3)16(25)21(13)2/h5H,6-7H2,1-4H3,(H,18,20,23). The van der Waals surface area contributed by atoms with Gasteiger partial charge in [-0.05, 0) is 6.92 Å². The molecule has 3 aromatic rings. The number of carbonyl (C=O) groups is 1. The zero-order valence-electron chi connectivity index (χ0n) is 15.7. The number of hydrogen-bond donors (Lipinski definition) is 1. The lowest BCUT2D eigenvalue weighted by Crippen LogP contribution is -2.37. The van der Waals surface area contributed by atoms with Crippen molar-refractivity contribution in [3.8, 4) is 0 Å². The van der Waals surface area contributed by atoms with Crippen LogP contribution in [0.3, 0.4) is 0 Å². The Kier molecular flexibility index (Phi) is 5.91. The molecule has 10 nitrogen and oxygen atoms in total. The lowest BCUT2D eigenvalue weighted by atomic mass is 10.2. The van der Waals surface area contributed by atoms with Crippen molar-refractivity contribution in [1.82, 2.24) is 24.3 Å². The summed E-state index contributed by atoms with van der Waals surface area (Å²) in [6.07, 6.45) is 1.55. The normalized spacial score (nSPS) is 11.1. The number of hydrogen-bond acceptors (Lipinski definition) is 9. The highest BCUT2D eigenvalue weighted by atomic mass is 32.2. The molecule has 0 bridgehead atoms. The highest BCUT2D eigenvalue weighted by Gasteiger charge is 2.19. The molecule has 12 heteroatoms. The highest BCUT2D eigenvalue weighted by molar-refractivity contribution is 8.00. The van der Waals surface area contributed by atoms with Crippen LogP contribution in [0.15, 0.2) is 20.7 Å². The van der Waals surface area contributed by atoms with Crippen molar-refractivity contribution >= 4 is 45.2 Å². The number of rotatable bonds is 6. The Balaban J connectivity index is 2.00. The lowest BCUT2D eigenvalue weighted by Gasteiger charge is -2.13. The van der Waals surface area contributed by atoms with Crippen LogP contribution in [0.4, 0.5) is 5.13 Å². The first-order valence-corrected chi connectivity index (χ1v) is 9.93. The first-order valence-electron chi connectivity index (χ1n) is 8.12. The van der Waals surface area contributed by atoms with E-state index in [2.05, 4.69) is 20.5 Å². The largest absolute Gasteiger partial charge is 0.380 e. The Hall–Kier alpha value is -2.57. The van der Waals surface area contributed by atoms with Gasteiger partial charge in [-0.1, -0.05) is 11.3 Å². The number of methoxy groups -OCH3 is 1. The number of nitrogens with one attached hydrogen (secondary N) is 1. The number of nitrogens with zero attached hydrogens (tertiary/aromatic N) is 5. The fraction of sp³-hybridized carbons (Fsp3) is 0.375. The van der Waals surface area contributed by atoms with E-state index in [-0.39, 0.29) is 29.3 Å². The van der Waals surface area contributed by atoms with Gasteiger partial charge in [-0.15, -0.1) is 22.0 Å². The van der Waals surface area contributed by atoms with Crippen molar-refractivity contribution in [1.29, 1.82) is 0 Å². The van der Waals surface area contributed by atoms with Crippen molar-refractivity contribution in [2.45, 2.75) is 18.4 Å². The van der Waals surface area contributed by atoms with Crippen molar-refractivity contribution in [3.05, 3.63) is 37.6 Å². The number of pyridine rings is 1. The van der Waals surface area contributed by atoms with Gasteiger partial charge in [-0.25, -0.2) is 9.78 Å². The zero-order valence-corrected chi connectivity index (χ0v) is 17.3. The van der Waals surface area contributed by atoms with E-state index in [1.54, 1.807) is 20.2 Å². The maximum absolute atomic E-state index is 12.8. The highest BCUT2D eigenvalue weighted by Crippen LogP contribution is 2.28. The van der Waals surface area contributed by atoms with E-state index in [1.807, 2.05) is 0 Å². The number of aryl methyl sites for hydroxylation is 2. The van der Waals surface area contributed by atoms with Gasteiger partial charge in [0.15, 0.2) is 0 Å². The number of fused-ring (bicyclic) bond motifs is 1. The molecule has 0 atom stereocenters. The van der Waals surface area contributed by atoms with Crippen LogP contribution in [0.5, 0.6) is 0 Å². The smallest absolute Gasteiger partial charge is 0.332 e. The Labute approximate surface area is 167 Å². The topological polar surface area (TPSA) is 121 Å². The number of amides is 1. The van der Waals surface area contributed by atoms with E-state index in [0.717, 1.165) is 9.57 Å². The summed E-state index contributed by atoms with van der Waals surface area (Å²) in [6, 6.07) is 0. The molecular weight excluding hydrogens is 404 g/mol. The van der Waals surface area contributed by atoms with Gasteiger partial charge < -0.3 is 4.74 Å². The number of ether oxygens (including phenoxy) is 1. The molecule has 0 aliphatic rings. The number of aromatic nitrogens is 5. The van der Waals surface area contributed by atoms with Crippen molar-refractivity contribution in [2.75, 3.05) is 18.2 Å². The number of carbonyl (C=O) groups excluding carboxylic acids is 1. The molecule has 3 aromatic heterocycles. The van der Waals surface area contributed by atoms with Crippen LogP contribution < -0.4 is 16.6 Å². The molecule has 0 radical (unpaired) electrons. The zero-order chi connectivity index (χ0) is 20.4. The lowest BCUT2D eigenvalue weighted by molar-refractivity contribution is -0.113. The second-order valence-electron chi connectivity index (χ2n) is 5.91. The van der Waals surface area contributed by atoms with Gasteiger partial charge in [-0.3, -0.25) is 24.0 Å². The summed E-state index contributed by atoms with van der Waals surface area (Å²) < 4.78 is 7.53. The fourth-order valence-corrected chi connectivity index (χ4v) is 4.18. The molecule has 0 aromatic carbocycles. The summed E-state index contributed by atoms with van der Waals surface area (Å²) in [5, 5.41) is 11.8. The molecule has 3 rings (SSSR count). The molecule has 0 unspecified atom stereocenters. The molecule has 0 fully saturated rings. The molecule has 0 saturated heterocycles. The molecule has 0 saturated carbocycles. The second-order valence-corrected chi connectivity index (χ2v) is 8.08.